The minimum atomic E-state index is -0.282. The number of rotatable bonds is 3. The average molecular weight is 277 g/mol. The molecule has 1 aromatic heterocycles. The minimum Gasteiger partial charge on any atom is -0.505 e. The van der Waals surface area contributed by atoms with Crippen LogP contribution >= 0.6 is 11.3 Å². The molecule has 5 nitrogen and oxygen atoms in total. The second kappa shape index (κ2) is 5.27. The van der Waals surface area contributed by atoms with Crippen molar-refractivity contribution in [3.8, 4) is 5.75 Å². The van der Waals surface area contributed by atoms with Gasteiger partial charge < -0.3 is 15.7 Å². The minimum absolute atomic E-state index is 0.172. The summed E-state index contributed by atoms with van der Waals surface area (Å²) in [6.45, 7) is 2.32. The molecule has 2 rings (SSSR count). The fourth-order valence-corrected chi connectivity index (χ4v) is 2.34. The van der Waals surface area contributed by atoms with Gasteiger partial charge in [0.15, 0.2) is 5.75 Å². The van der Waals surface area contributed by atoms with Gasteiger partial charge in [-0.1, -0.05) is 6.07 Å². The Balaban J connectivity index is 2.17. The van der Waals surface area contributed by atoms with E-state index >= 15 is 0 Å². The summed E-state index contributed by atoms with van der Waals surface area (Å²) in [4.78, 5) is 18.0. The van der Waals surface area contributed by atoms with E-state index in [1.165, 1.54) is 4.90 Å². The number of aromatic nitrogens is 1. The van der Waals surface area contributed by atoms with Crippen LogP contribution in [-0.4, -0.2) is 27.9 Å². The van der Waals surface area contributed by atoms with Crippen molar-refractivity contribution in [2.75, 3.05) is 12.8 Å². The molecule has 0 unspecified atom stereocenters. The molecule has 0 saturated carbocycles. The van der Waals surface area contributed by atoms with Crippen molar-refractivity contribution in [1.29, 1.82) is 0 Å². The second-order valence-corrected chi connectivity index (χ2v) is 5.32. The number of aromatic hydroxyl groups is 1. The first kappa shape index (κ1) is 13.4. The Hall–Kier alpha value is -2.08. The van der Waals surface area contributed by atoms with Gasteiger partial charge in [-0.3, -0.25) is 4.79 Å². The third kappa shape index (κ3) is 2.85. The number of hydrogen-bond acceptors (Lipinski definition) is 5. The third-order valence-corrected chi connectivity index (χ3v) is 3.53. The molecule has 0 aliphatic heterocycles. The lowest BCUT2D eigenvalue weighted by atomic mass is 10.1. The second-order valence-electron chi connectivity index (χ2n) is 4.26. The topological polar surface area (TPSA) is 79.5 Å². The van der Waals surface area contributed by atoms with Crippen molar-refractivity contribution in [2.45, 2.75) is 13.5 Å². The van der Waals surface area contributed by atoms with E-state index in [1.54, 1.807) is 36.6 Å². The summed E-state index contributed by atoms with van der Waals surface area (Å²) in [7, 11) is 1.67. The fourth-order valence-electron chi connectivity index (χ4n) is 1.74. The number of nitrogens with two attached hydrogens (primary N) is 1. The van der Waals surface area contributed by atoms with Crippen molar-refractivity contribution in [1.82, 2.24) is 9.88 Å². The largest absolute Gasteiger partial charge is 0.505 e. The monoisotopic (exact) mass is 277 g/mol. The molecule has 0 aliphatic rings. The van der Waals surface area contributed by atoms with E-state index in [0.717, 1.165) is 10.7 Å². The zero-order valence-corrected chi connectivity index (χ0v) is 11.6. The van der Waals surface area contributed by atoms with Crippen molar-refractivity contribution in [2.24, 2.45) is 0 Å². The number of para-hydroxylation sites is 1. The Morgan fingerprint density at radius 2 is 2.26 bits per heavy atom. The predicted molar refractivity (Wildman–Crippen MR) is 75.2 cm³/mol. The number of carbonyl (C=O) groups excluding carboxylic acids is 1. The molecule has 100 valence electrons. The maximum absolute atomic E-state index is 12.2. The number of carbonyl (C=O) groups is 1. The van der Waals surface area contributed by atoms with Crippen LogP contribution in [-0.2, 0) is 6.54 Å². The number of nitrogen functional groups attached to an aromatic ring is 1. The van der Waals surface area contributed by atoms with E-state index in [1.807, 2.05) is 12.3 Å². The smallest absolute Gasteiger partial charge is 0.257 e. The van der Waals surface area contributed by atoms with E-state index < -0.39 is 0 Å². The molecule has 0 fully saturated rings. The Labute approximate surface area is 115 Å². The van der Waals surface area contributed by atoms with Gasteiger partial charge in [-0.05, 0) is 19.1 Å². The van der Waals surface area contributed by atoms with Gasteiger partial charge in [0.25, 0.3) is 5.91 Å². The van der Waals surface area contributed by atoms with Gasteiger partial charge in [0.05, 0.1) is 28.5 Å². The van der Waals surface area contributed by atoms with Crippen molar-refractivity contribution in [3.63, 3.8) is 0 Å². The molecule has 0 bridgehead atoms. The Morgan fingerprint density at radius 3 is 2.89 bits per heavy atom. The summed E-state index contributed by atoms with van der Waals surface area (Å²) in [5.74, 6) is -0.454. The molecule has 0 spiro atoms. The molecule has 1 aromatic carbocycles. The van der Waals surface area contributed by atoms with Crippen LogP contribution in [0.5, 0.6) is 5.75 Å². The molecule has 0 saturated heterocycles. The summed E-state index contributed by atoms with van der Waals surface area (Å²) >= 11 is 1.54. The molecule has 1 amide bonds. The number of anilines is 1. The first-order chi connectivity index (χ1) is 8.99. The number of amides is 1. The standard InChI is InChI=1S/C13H15N3O2S/c1-8-15-9(7-19-8)6-16(2)13(18)10-4-3-5-11(14)12(10)17/h3-5,7,17H,6,14H2,1-2H3. The highest BCUT2D eigenvalue weighted by Gasteiger charge is 2.17. The number of thiazole rings is 1. The van der Waals surface area contributed by atoms with E-state index in [-0.39, 0.29) is 22.9 Å². The van der Waals surface area contributed by atoms with Crippen LogP contribution in [0.25, 0.3) is 0 Å². The van der Waals surface area contributed by atoms with Gasteiger partial charge in [-0.2, -0.15) is 0 Å². The zero-order valence-electron chi connectivity index (χ0n) is 10.8. The number of nitrogens with zero attached hydrogens (tertiary/aromatic N) is 2. The number of benzene rings is 1. The Morgan fingerprint density at radius 1 is 1.53 bits per heavy atom. The van der Waals surface area contributed by atoms with Crippen LogP contribution in [0.3, 0.4) is 0 Å². The Bertz CT molecular complexity index is 610. The maximum atomic E-state index is 12.2. The molecule has 3 N–H and O–H groups in total. The van der Waals surface area contributed by atoms with E-state index in [4.69, 9.17) is 5.73 Å². The van der Waals surface area contributed by atoms with Crippen LogP contribution in [0.4, 0.5) is 5.69 Å². The first-order valence-electron chi connectivity index (χ1n) is 5.73. The van der Waals surface area contributed by atoms with Gasteiger partial charge in [0.1, 0.15) is 0 Å². The van der Waals surface area contributed by atoms with Crippen LogP contribution in [0.1, 0.15) is 21.1 Å². The fraction of sp³-hybridized carbons (Fsp3) is 0.231. The van der Waals surface area contributed by atoms with Gasteiger partial charge in [0.2, 0.25) is 0 Å². The molecule has 6 heteroatoms. The normalized spacial score (nSPS) is 10.4. The maximum Gasteiger partial charge on any atom is 0.257 e. The summed E-state index contributed by atoms with van der Waals surface area (Å²) in [5, 5.41) is 12.7. The molecule has 0 aliphatic carbocycles. The number of phenols is 1. The van der Waals surface area contributed by atoms with Gasteiger partial charge >= 0.3 is 0 Å². The molecule has 2 aromatic rings. The van der Waals surface area contributed by atoms with Crippen LogP contribution in [0, 0.1) is 6.92 Å². The molecular weight excluding hydrogens is 262 g/mol. The molecule has 1 heterocycles. The van der Waals surface area contributed by atoms with Crippen molar-refractivity contribution in [3.05, 3.63) is 39.8 Å². The summed E-state index contributed by atoms with van der Waals surface area (Å²) in [5.41, 5.74) is 6.82. The van der Waals surface area contributed by atoms with Crippen LogP contribution in [0.2, 0.25) is 0 Å². The first-order valence-corrected chi connectivity index (χ1v) is 6.61. The highest BCUT2D eigenvalue weighted by Crippen LogP contribution is 2.25. The quantitative estimate of drug-likeness (QED) is 0.664. The van der Waals surface area contributed by atoms with E-state index in [2.05, 4.69) is 4.98 Å². The molecule has 19 heavy (non-hydrogen) atoms. The number of phenolic OH excluding ortho intramolecular Hbond substituents is 1. The van der Waals surface area contributed by atoms with Gasteiger partial charge in [-0.15, -0.1) is 11.3 Å². The van der Waals surface area contributed by atoms with Gasteiger partial charge in [-0.25, -0.2) is 4.98 Å². The lowest BCUT2D eigenvalue weighted by Gasteiger charge is -2.17. The molecule has 0 atom stereocenters. The lowest BCUT2D eigenvalue weighted by Crippen LogP contribution is -2.26. The van der Waals surface area contributed by atoms with E-state index in [9.17, 15) is 9.90 Å². The average Bonchev–Trinajstić information content (AvgIpc) is 2.77. The highest BCUT2D eigenvalue weighted by atomic mass is 32.1. The zero-order chi connectivity index (χ0) is 14.0. The van der Waals surface area contributed by atoms with E-state index in [0.29, 0.717) is 6.54 Å². The summed E-state index contributed by atoms with van der Waals surface area (Å²) in [6, 6.07) is 4.75. The summed E-state index contributed by atoms with van der Waals surface area (Å²) in [6.07, 6.45) is 0. The SMILES string of the molecule is Cc1nc(CN(C)C(=O)c2cccc(N)c2O)cs1. The highest BCUT2D eigenvalue weighted by molar-refractivity contribution is 7.09. The molecule has 0 radical (unpaired) electrons. The van der Waals surface area contributed by atoms with Crippen molar-refractivity contribution < 1.29 is 9.90 Å². The number of aryl methyl sites for hydroxylation is 1. The Kier molecular flexibility index (Phi) is 3.71. The third-order valence-electron chi connectivity index (χ3n) is 2.71. The van der Waals surface area contributed by atoms with Crippen LogP contribution < -0.4 is 5.73 Å². The lowest BCUT2D eigenvalue weighted by molar-refractivity contribution is 0.0780. The molecular formula is C13H15N3O2S. The van der Waals surface area contributed by atoms with Crippen LogP contribution in [0.15, 0.2) is 23.6 Å². The number of hydrogen-bond donors (Lipinski definition) is 2. The predicted octanol–water partition coefficient (Wildman–Crippen LogP) is 2.01. The summed E-state index contributed by atoms with van der Waals surface area (Å²) < 4.78 is 0. The van der Waals surface area contributed by atoms with Crippen molar-refractivity contribution >= 4 is 22.9 Å². The van der Waals surface area contributed by atoms with Gasteiger partial charge in [0, 0.05) is 12.4 Å².